The van der Waals surface area contributed by atoms with E-state index in [-0.39, 0.29) is 0 Å². The van der Waals surface area contributed by atoms with Crippen LogP contribution in [0.2, 0.25) is 0 Å². The maximum absolute atomic E-state index is 12.5. The highest BCUT2D eigenvalue weighted by atomic mass is 16.5. The van der Waals surface area contributed by atoms with Crippen molar-refractivity contribution in [3.63, 3.8) is 0 Å². The SMILES string of the molecule is Cc1cc(C(=O)OC(CCc2ccccc2)c2nccn2C)nn1C. The first-order valence-electron chi connectivity index (χ1n) is 8.27. The van der Waals surface area contributed by atoms with Gasteiger partial charge < -0.3 is 9.30 Å². The Hall–Kier alpha value is -2.89. The van der Waals surface area contributed by atoms with Gasteiger partial charge in [-0.05, 0) is 31.4 Å². The lowest BCUT2D eigenvalue weighted by Gasteiger charge is -2.17. The van der Waals surface area contributed by atoms with E-state index in [1.807, 2.05) is 42.9 Å². The molecule has 1 atom stereocenters. The van der Waals surface area contributed by atoms with Gasteiger partial charge in [0.2, 0.25) is 0 Å². The lowest BCUT2D eigenvalue weighted by atomic mass is 10.1. The molecule has 0 radical (unpaired) electrons. The number of esters is 1. The molecule has 0 spiro atoms. The summed E-state index contributed by atoms with van der Waals surface area (Å²) in [4.78, 5) is 16.9. The van der Waals surface area contributed by atoms with Crippen LogP contribution in [0.25, 0.3) is 0 Å². The quantitative estimate of drug-likeness (QED) is 0.648. The molecule has 0 fully saturated rings. The Morgan fingerprint density at radius 3 is 2.60 bits per heavy atom. The third-order valence-electron chi connectivity index (χ3n) is 4.26. The number of benzene rings is 1. The molecule has 3 aromatic rings. The van der Waals surface area contributed by atoms with Crippen molar-refractivity contribution >= 4 is 5.97 Å². The average Bonchev–Trinajstić information content (AvgIpc) is 3.18. The van der Waals surface area contributed by atoms with Crippen LogP contribution in [0.5, 0.6) is 0 Å². The van der Waals surface area contributed by atoms with E-state index in [1.54, 1.807) is 24.0 Å². The van der Waals surface area contributed by atoms with Crippen LogP contribution in [-0.4, -0.2) is 25.3 Å². The van der Waals surface area contributed by atoms with E-state index in [0.717, 1.165) is 17.9 Å². The van der Waals surface area contributed by atoms with Crippen molar-refractivity contribution < 1.29 is 9.53 Å². The predicted molar refractivity (Wildman–Crippen MR) is 94.1 cm³/mol. The van der Waals surface area contributed by atoms with Crippen molar-refractivity contribution in [1.82, 2.24) is 19.3 Å². The van der Waals surface area contributed by atoms with Crippen molar-refractivity contribution in [2.75, 3.05) is 0 Å². The van der Waals surface area contributed by atoms with Gasteiger partial charge in [-0.2, -0.15) is 5.10 Å². The predicted octanol–water partition coefficient (Wildman–Crippen LogP) is 2.99. The zero-order valence-corrected chi connectivity index (χ0v) is 14.7. The fourth-order valence-electron chi connectivity index (χ4n) is 2.72. The number of ether oxygens (including phenoxy) is 1. The minimum absolute atomic E-state index is 0.318. The van der Waals surface area contributed by atoms with E-state index in [4.69, 9.17) is 4.74 Å². The first-order valence-corrected chi connectivity index (χ1v) is 8.27. The number of nitrogens with zero attached hydrogens (tertiary/aromatic N) is 4. The van der Waals surface area contributed by atoms with E-state index in [2.05, 4.69) is 22.2 Å². The van der Waals surface area contributed by atoms with Gasteiger partial charge in [-0.1, -0.05) is 30.3 Å². The van der Waals surface area contributed by atoms with E-state index in [0.29, 0.717) is 12.1 Å². The summed E-state index contributed by atoms with van der Waals surface area (Å²) in [6.45, 7) is 1.90. The van der Waals surface area contributed by atoms with Gasteiger partial charge in [0.1, 0.15) is 5.82 Å². The highest BCUT2D eigenvalue weighted by molar-refractivity contribution is 5.87. The number of carbonyl (C=O) groups is 1. The highest BCUT2D eigenvalue weighted by Gasteiger charge is 2.23. The highest BCUT2D eigenvalue weighted by Crippen LogP contribution is 2.23. The normalized spacial score (nSPS) is 12.1. The number of carbonyl (C=O) groups excluding carboxylic acids is 1. The Kier molecular flexibility index (Phi) is 4.97. The molecule has 0 amide bonds. The summed E-state index contributed by atoms with van der Waals surface area (Å²) in [5, 5.41) is 4.20. The van der Waals surface area contributed by atoms with Crippen molar-refractivity contribution in [1.29, 1.82) is 0 Å². The maximum Gasteiger partial charge on any atom is 0.359 e. The van der Waals surface area contributed by atoms with Gasteiger partial charge in [-0.15, -0.1) is 0 Å². The summed E-state index contributed by atoms with van der Waals surface area (Å²) in [5.74, 6) is 0.307. The molecular formula is C19H22N4O2. The van der Waals surface area contributed by atoms with Crippen LogP contribution >= 0.6 is 0 Å². The molecule has 0 aliphatic carbocycles. The summed E-state index contributed by atoms with van der Waals surface area (Å²) < 4.78 is 9.30. The van der Waals surface area contributed by atoms with Gasteiger partial charge in [-0.3, -0.25) is 4.68 Å². The summed E-state index contributed by atoms with van der Waals surface area (Å²) in [6, 6.07) is 11.9. The molecule has 1 unspecified atom stereocenters. The monoisotopic (exact) mass is 338 g/mol. The fraction of sp³-hybridized carbons (Fsp3) is 0.316. The molecule has 0 N–H and O–H groups in total. The zero-order valence-electron chi connectivity index (χ0n) is 14.7. The van der Waals surface area contributed by atoms with Crippen LogP contribution < -0.4 is 0 Å². The standard InChI is InChI=1S/C19H22N4O2/c1-14-13-16(21-23(14)3)19(24)25-17(18-20-11-12-22(18)2)10-9-15-7-5-4-6-8-15/h4-8,11-13,17H,9-10H2,1-3H3. The van der Waals surface area contributed by atoms with Gasteiger partial charge in [0.05, 0.1) is 0 Å². The van der Waals surface area contributed by atoms with Gasteiger partial charge in [0, 0.05) is 32.2 Å². The van der Waals surface area contributed by atoms with Gasteiger partial charge in [0.25, 0.3) is 0 Å². The van der Waals surface area contributed by atoms with Gasteiger partial charge in [0.15, 0.2) is 11.8 Å². The van der Waals surface area contributed by atoms with Crippen LogP contribution in [0.3, 0.4) is 0 Å². The molecule has 25 heavy (non-hydrogen) atoms. The molecule has 1 aromatic carbocycles. The minimum Gasteiger partial charge on any atom is -0.449 e. The molecule has 0 aliphatic heterocycles. The molecule has 0 aliphatic rings. The molecule has 0 bridgehead atoms. The number of rotatable bonds is 6. The van der Waals surface area contributed by atoms with E-state index < -0.39 is 12.1 Å². The van der Waals surface area contributed by atoms with Crippen molar-refractivity contribution in [2.24, 2.45) is 14.1 Å². The first kappa shape index (κ1) is 17.0. The van der Waals surface area contributed by atoms with E-state index in [1.165, 1.54) is 5.56 Å². The lowest BCUT2D eigenvalue weighted by Crippen LogP contribution is -2.16. The number of imidazole rings is 1. The van der Waals surface area contributed by atoms with Crippen molar-refractivity contribution in [3.05, 3.63) is 71.6 Å². The van der Waals surface area contributed by atoms with Crippen LogP contribution in [0.1, 0.15) is 40.1 Å². The van der Waals surface area contributed by atoms with E-state index in [9.17, 15) is 4.79 Å². The van der Waals surface area contributed by atoms with Crippen LogP contribution in [0, 0.1) is 6.92 Å². The lowest BCUT2D eigenvalue weighted by molar-refractivity contribution is 0.0242. The smallest absolute Gasteiger partial charge is 0.359 e. The summed E-state index contributed by atoms with van der Waals surface area (Å²) in [7, 11) is 3.70. The van der Waals surface area contributed by atoms with Crippen LogP contribution in [-0.2, 0) is 25.3 Å². The molecule has 0 saturated carbocycles. The third kappa shape index (κ3) is 3.96. The van der Waals surface area contributed by atoms with Crippen LogP contribution in [0.15, 0.2) is 48.8 Å². The largest absolute Gasteiger partial charge is 0.449 e. The van der Waals surface area contributed by atoms with Gasteiger partial charge >= 0.3 is 5.97 Å². The topological polar surface area (TPSA) is 61.9 Å². The molecule has 3 rings (SSSR count). The molecule has 2 aromatic heterocycles. The first-order chi connectivity index (χ1) is 12.0. The average molecular weight is 338 g/mol. The number of hydrogen-bond donors (Lipinski definition) is 0. The summed E-state index contributed by atoms with van der Waals surface area (Å²) in [6.07, 6.45) is 4.60. The van der Waals surface area contributed by atoms with Gasteiger partial charge in [-0.25, -0.2) is 9.78 Å². The second-order valence-corrected chi connectivity index (χ2v) is 6.11. The second-order valence-electron chi connectivity index (χ2n) is 6.11. The third-order valence-corrected chi connectivity index (χ3v) is 4.26. The van der Waals surface area contributed by atoms with Crippen molar-refractivity contribution in [3.8, 4) is 0 Å². The second kappa shape index (κ2) is 7.34. The number of hydrogen-bond acceptors (Lipinski definition) is 4. The minimum atomic E-state index is -0.426. The van der Waals surface area contributed by atoms with Crippen molar-refractivity contribution in [2.45, 2.75) is 25.9 Å². The summed E-state index contributed by atoms with van der Waals surface area (Å²) >= 11 is 0. The number of aromatic nitrogens is 4. The fourth-order valence-corrected chi connectivity index (χ4v) is 2.72. The Labute approximate surface area is 147 Å². The number of aryl methyl sites for hydroxylation is 4. The summed E-state index contributed by atoms with van der Waals surface area (Å²) in [5.41, 5.74) is 2.43. The Morgan fingerprint density at radius 1 is 1.24 bits per heavy atom. The van der Waals surface area contributed by atoms with Crippen LogP contribution in [0.4, 0.5) is 0 Å². The Morgan fingerprint density at radius 2 is 2.00 bits per heavy atom. The molecule has 2 heterocycles. The molecular weight excluding hydrogens is 316 g/mol. The van der Waals surface area contributed by atoms with E-state index >= 15 is 0 Å². The zero-order chi connectivity index (χ0) is 17.8. The maximum atomic E-state index is 12.5. The molecule has 6 nitrogen and oxygen atoms in total. The molecule has 130 valence electrons. The molecule has 0 saturated heterocycles. The Bertz CT molecular complexity index is 832. The Balaban J connectivity index is 1.76. The molecule has 6 heteroatoms.